The summed E-state index contributed by atoms with van der Waals surface area (Å²) >= 11 is 0. The highest BCUT2D eigenvalue weighted by Crippen LogP contribution is 2.04. The Balaban J connectivity index is 2.07. The Morgan fingerprint density at radius 3 is 2.57 bits per heavy atom. The number of aryl methyl sites for hydroxylation is 2. The topological polar surface area (TPSA) is 56.9 Å². The Kier molecular flexibility index (Phi) is 3.39. The van der Waals surface area contributed by atoms with Crippen LogP contribution in [0.25, 0.3) is 11.0 Å². The molecule has 1 aromatic carbocycles. The first-order chi connectivity index (χ1) is 10.2. The fraction of sp³-hybridized carbons (Fsp3) is 0.188. The molecule has 106 valence electrons. The first-order valence-corrected chi connectivity index (χ1v) is 6.77. The summed E-state index contributed by atoms with van der Waals surface area (Å²) in [5, 5.41) is 0. The maximum Gasteiger partial charge on any atom is 0.331 e. The van der Waals surface area contributed by atoms with Crippen LogP contribution in [-0.2, 0) is 20.0 Å². The summed E-state index contributed by atoms with van der Waals surface area (Å²) in [6.45, 7) is 0.349. The number of pyridine rings is 1. The lowest BCUT2D eigenvalue weighted by Crippen LogP contribution is -2.39. The minimum atomic E-state index is -0.329. The zero-order valence-corrected chi connectivity index (χ0v) is 11.7. The largest absolute Gasteiger partial charge is 0.331 e. The van der Waals surface area contributed by atoms with E-state index in [-0.39, 0.29) is 11.2 Å². The van der Waals surface area contributed by atoms with Gasteiger partial charge in [-0.3, -0.25) is 13.9 Å². The smallest absolute Gasteiger partial charge is 0.295 e. The number of nitrogens with zero attached hydrogens (tertiary/aromatic N) is 3. The van der Waals surface area contributed by atoms with Crippen molar-refractivity contribution in [2.24, 2.45) is 7.05 Å². The Morgan fingerprint density at radius 1 is 1.05 bits per heavy atom. The van der Waals surface area contributed by atoms with Gasteiger partial charge >= 0.3 is 5.69 Å². The molecule has 0 atom stereocenters. The van der Waals surface area contributed by atoms with E-state index >= 15 is 0 Å². The van der Waals surface area contributed by atoms with Crippen molar-refractivity contribution in [3.63, 3.8) is 0 Å². The molecule has 21 heavy (non-hydrogen) atoms. The summed E-state index contributed by atoms with van der Waals surface area (Å²) in [4.78, 5) is 28.8. The zero-order chi connectivity index (χ0) is 14.8. The number of rotatable bonds is 3. The quantitative estimate of drug-likeness (QED) is 0.728. The molecule has 2 aromatic heterocycles. The lowest BCUT2D eigenvalue weighted by atomic mass is 10.1. The molecule has 0 aliphatic carbocycles. The van der Waals surface area contributed by atoms with E-state index in [4.69, 9.17) is 0 Å². The van der Waals surface area contributed by atoms with Gasteiger partial charge in [0.1, 0.15) is 0 Å². The highest BCUT2D eigenvalue weighted by Gasteiger charge is 2.11. The maximum absolute atomic E-state index is 12.4. The van der Waals surface area contributed by atoms with Crippen LogP contribution in [0, 0.1) is 0 Å². The third-order valence-electron chi connectivity index (χ3n) is 3.58. The second kappa shape index (κ2) is 5.36. The molecule has 0 amide bonds. The number of hydrogen-bond donors (Lipinski definition) is 0. The van der Waals surface area contributed by atoms with Crippen molar-refractivity contribution in [1.82, 2.24) is 14.1 Å². The molecule has 0 spiro atoms. The predicted molar refractivity (Wildman–Crippen MR) is 81.4 cm³/mol. The molecule has 0 radical (unpaired) electrons. The minimum absolute atomic E-state index is 0.309. The molecule has 2 heterocycles. The number of aromatic nitrogens is 3. The highest BCUT2D eigenvalue weighted by molar-refractivity contribution is 5.72. The Hall–Kier alpha value is -2.69. The third kappa shape index (κ3) is 2.38. The van der Waals surface area contributed by atoms with Crippen LogP contribution in [0.1, 0.15) is 5.56 Å². The van der Waals surface area contributed by atoms with E-state index < -0.39 is 0 Å². The summed E-state index contributed by atoms with van der Waals surface area (Å²) in [5.74, 6) is 0. The Morgan fingerprint density at radius 2 is 1.81 bits per heavy atom. The molecule has 0 unspecified atom stereocenters. The van der Waals surface area contributed by atoms with Crippen LogP contribution < -0.4 is 11.2 Å². The normalized spacial score (nSPS) is 10.9. The Bertz CT molecular complexity index is 895. The molecular formula is C16H15N3O2. The molecule has 0 N–H and O–H groups in total. The van der Waals surface area contributed by atoms with E-state index in [2.05, 4.69) is 4.98 Å². The fourth-order valence-corrected chi connectivity index (χ4v) is 2.41. The van der Waals surface area contributed by atoms with Crippen LogP contribution in [0.2, 0.25) is 0 Å². The van der Waals surface area contributed by atoms with Gasteiger partial charge in [-0.15, -0.1) is 0 Å². The average Bonchev–Trinajstić information content (AvgIpc) is 2.54. The fourth-order valence-electron chi connectivity index (χ4n) is 2.41. The van der Waals surface area contributed by atoms with Gasteiger partial charge in [0, 0.05) is 19.8 Å². The van der Waals surface area contributed by atoms with Crippen LogP contribution in [0.15, 0.2) is 58.3 Å². The lowest BCUT2D eigenvalue weighted by Gasteiger charge is -2.10. The van der Waals surface area contributed by atoms with Gasteiger partial charge < -0.3 is 0 Å². The Labute approximate surface area is 121 Å². The van der Waals surface area contributed by atoms with E-state index in [9.17, 15) is 9.59 Å². The minimum Gasteiger partial charge on any atom is -0.295 e. The molecule has 3 rings (SSSR count). The van der Waals surface area contributed by atoms with E-state index in [1.54, 1.807) is 25.4 Å². The van der Waals surface area contributed by atoms with Gasteiger partial charge in [0.05, 0.1) is 5.52 Å². The van der Waals surface area contributed by atoms with Crippen molar-refractivity contribution in [3.8, 4) is 0 Å². The molecule has 0 aliphatic rings. The maximum atomic E-state index is 12.4. The molecule has 5 nitrogen and oxygen atoms in total. The van der Waals surface area contributed by atoms with Crippen molar-refractivity contribution in [3.05, 3.63) is 75.1 Å². The van der Waals surface area contributed by atoms with E-state index in [1.165, 1.54) is 9.13 Å². The summed E-state index contributed by atoms with van der Waals surface area (Å²) < 4.78 is 2.72. The second-order valence-corrected chi connectivity index (χ2v) is 4.91. The van der Waals surface area contributed by atoms with Crippen LogP contribution in [0.3, 0.4) is 0 Å². The zero-order valence-electron chi connectivity index (χ0n) is 11.7. The summed E-state index contributed by atoms with van der Waals surface area (Å²) in [7, 11) is 1.66. The number of fused-ring (bicyclic) bond motifs is 1. The first-order valence-electron chi connectivity index (χ1n) is 6.77. The standard InChI is InChI=1S/C16H15N3O2/c1-18-13-8-5-10-17-14(13)15(20)19(16(18)21)11-9-12-6-3-2-4-7-12/h2-8,10H,9,11H2,1H3. The van der Waals surface area contributed by atoms with Gasteiger partial charge in [0.2, 0.25) is 0 Å². The van der Waals surface area contributed by atoms with Crippen molar-refractivity contribution < 1.29 is 0 Å². The van der Waals surface area contributed by atoms with E-state index in [0.717, 1.165) is 5.56 Å². The summed E-state index contributed by atoms with van der Waals surface area (Å²) in [6.07, 6.45) is 2.20. The first kappa shape index (κ1) is 13.3. The van der Waals surface area contributed by atoms with Gasteiger partial charge in [-0.2, -0.15) is 0 Å². The van der Waals surface area contributed by atoms with Gasteiger partial charge in [-0.05, 0) is 24.1 Å². The van der Waals surface area contributed by atoms with Crippen LogP contribution in [-0.4, -0.2) is 14.1 Å². The highest BCUT2D eigenvalue weighted by atomic mass is 16.2. The van der Waals surface area contributed by atoms with Crippen molar-refractivity contribution in [1.29, 1.82) is 0 Å². The van der Waals surface area contributed by atoms with E-state index in [1.807, 2.05) is 30.3 Å². The molecule has 0 saturated heterocycles. The van der Waals surface area contributed by atoms with Gasteiger partial charge in [-0.1, -0.05) is 30.3 Å². The molecule has 3 aromatic rings. The second-order valence-electron chi connectivity index (χ2n) is 4.91. The van der Waals surface area contributed by atoms with Gasteiger partial charge in [-0.25, -0.2) is 9.78 Å². The van der Waals surface area contributed by atoms with Crippen LogP contribution >= 0.6 is 0 Å². The van der Waals surface area contributed by atoms with Gasteiger partial charge in [0.15, 0.2) is 5.52 Å². The van der Waals surface area contributed by atoms with E-state index in [0.29, 0.717) is 24.0 Å². The SMILES string of the molecule is Cn1c(=O)n(CCc2ccccc2)c(=O)c2ncccc21. The van der Waals surface area contributed by atoms with Crippen molar-refractivity contribution >= 4 is 11.0 Å². The number of hydrogen-bond acceptors (Lipinski definition) is 3. The molecular weight excluding hydrogens is 266 g/mol. The summed E-state index contributed by atoms with van der Waals surface area (Å²) in [5.41, 5.74) is 1.34. The third-order valence-corrected chi connectivity index (χ3v) is 3.58. The van der Waals surface area contributed by atoms with Gasteiger partial charge in [0.25, 0.3) is 5.56 Å². The van der Waals surface area contributed by atoms with Crippen LogP contribution in [0.5, 0.6) is 0 Å². The van der Waals surface area contributed by atoms with Crippen molar-refractivity contribution in [2.45, 2.75) is 13.0 Å². The molecule has 5 heteroatoms. The summed E-state index contributed by atoms with van der Waals surface area (Å²) in [6, 6.07) is 13.2. The van der Waals surface area contributed by atoms with Crippen LogP contribution in [0.4, 0.5) is 0 Å². The van der Waals surface area contributed by atoms with Crippen molar-refractivity contribution in [2.75, 3.05) is 0 Å². The number of benzene rings is 1. The predicted octanol–water partition coefficient (Wildman–Crippen LogP) is 1.34. The lowest BCUT2D eigenvalue weighted by molar-refractivity contribution is 0.603. The molecule has 0 fully saturated rings. The monoisotopic (exact) mass is 281 g/mol. The average molecular weight is 281 g/mol. The molecule has 0 bridgehead atoms. The molecule has 0 aliphatic heterocycles. The molecule has 0 saturated carbocycles.